The molecule has 0 N–H and O–H groups in total. The van der Waals surface area contributed by atoms with E-state index >= 15 is 0 Å². The van der Waals surface area contributed by atoms with Gasteiger partial charge in [0.15, 0.2) is 0 Å². The second kappa shape index (κ2) is 8.92. The first-order valence-electron chi connectivity index (χ1n) is 9.88. The number of aromatic nitrogens is 3. The van der Waals surface area contributed by atoms with Crippen LogP contribution in [0, 0.1) is 6.92 Å². The molecule has 0 radical (unpaired) electrons. The van der Waals surface area contributed by atoms with Gasteiger partial charge in [-0.05, 0) is 43.0 Å². The maximum Gasteiger partial charge on any atom is 0.252 e. The topological polar surface area (TPSA) is 68.2 Å². The van der Waals surface area contributed by atoms with Crippen molar-refractivity contribution in [3.63, 3.8) is 0 Å². The summed E-state index contributed by atoms with van der Waals surface area (Å²) in [6.07, 6.45) is 6.64. The van der Waals surface area contributed by atoms with Gasteiger partial charge in [0.05, 0.1) is 12.2 Å². The van der Waals surface area contributed by atoms with Crippen molar-refractivity contribution in [1.82, 2.24) is 19.9 Å². The molecule has 0 saturated carbocycles. The Bertz CT molecular complexity index is 957. The van der Waals surface area contributed by atoms with E-state index in [9.17, 15) is 4.79 Å². The third kappa shape index (κ3) is 4.66. The van der Waals surface area contributed by atoms with E-state index in [0.717, 1.165) is 35.2 Å². The number of rotatable bonds is 6. The van der Waals surface area contributed by atoms with E-state index in [0.29, 0.717) is 25.5 Å². The van der Waals surface area contributed by atoms with E-state index in [1.807, 2.05) is 60.5 Å². The van der Waals surface area contributed by atoms with Crippen LogP contribution in [0.4, 0.5) is 0 Å². The highest BCUT2D eigenvalue weighted by atomic mass is 16.5. The van der Waals surface area contributed by atoms with Crippen LogP contribution in [0.1, 0.15) is 29.9 Å². The number of hydrogen-bond donors (Lipinski definition) is 0. The van der Waals surface area contributed by atoms with Crippen LogP contribution in [0.3, 0.4) is 0 Å². The van der Waals surface area contributed by atoms with Crippen LogP contribution in [-0.4, -0.2) is 38.5 Å². The van der Waals surface area contributed by atoms with Gasteiger partial charge in [0, 0.05) is 37.3 Å². The van der Waals surface area contributed by atoms with Crippen LogP contribution in [0.2, 0.25) is 0 Å². The number of hydrogen-bond acceptors (Lipinski definition) is 5. The van der Waals surface area contributed by atoms with Gasteiger partial charge in [0.2, 0.25) is 0 Å². The number of carbonyl (C=O) groups is 1. The number of carbonyl (C=O) groups excluding carboxylic acids is 1. The zero-order valence-corrected chi connectivity index (χ0v) is 16.5. The molecule has 1 amide bonds. The van der Waals surface area contributed by atoms with Crippen LogP contribution < -0.4 is 0 Å². The van der Waals surface area contributed by atoms with Gasteiger partial charge < -0.3 is 9.64 Å². The minimum absolute atomic E-state index is 0.0169. The van der Waals surface area contributed by atoms with Gasteiger partial charge in [-0.15, -0.1) is 0 Å². The molecule has 29 heavy (non-hydrogen) atoms. The molecule has 1 unspecified atom stereocenters. The van der Waals surface area contributed by atoms with Gasteiger partial charge in [-0.3, -0.25) is 9.78 Å². The normalized spacial score (nSPS) is 16.0. The van der Waals surface area contributed by atoms with Crippen LogP contribution in [0.15, 0.2) is 61.1 Å². The third-order valence-corrected chi connectivity index (χ3v) is 5.05. The van der Waals surface area contributed by atoms with Gasteiger partial charge in [-0.2, -0.15) is 0 Å². The molecule has 2 aromatic heterocycles. The SMILES string of the molecule is Cc1ncc(-c2ccncc2)c(CN(Cc2ccccc2)C(=O)C2CCCO2)n1. The largest absolute Gasteiger partial charge is 0.368 e. The lowest BCUT2D eigenvalue weighted by Gasteiger charge is -2.26. The molecule has 148 valence electrons. The molecule has 0 bridgehead atoms. The molecule has 1 aliphatic rings. The van der Waals surface area contributed by atoms with E-state index in [1.54, 1.807) is 12.4 Å². The van der Waals surface area contributed by atoms with E-state index in [2.05, 4.69) is 15.0 Å². The van der Waals surface area contributed by atoms with Crippen molar-refractivity contribution in [2.24, 2.45) is 0 Å². The van der Waals surface area contributed by atoms with Gasteiger partial charge in [-0.1, -0.05) is 30.3 Å². The van der Waals surface area contributed by atoms with Crippen molar-refractivity contribution in [2.45, 2.75) is 39.0 Å². The Labute approximate surface area is 170 Å². The predicted octanol–water partition coefficient (Wildman–Crippen LogP) is 3.55. The average Bonchev–Trinajstić information content (AvgIpc) is 3.29. The summed E-state index contributed by atoms with van der Waals surface area (Å²) in [7, 11) is 0. The summed E-state index contributed by atoms with van der Waals surface area (Å²) >= 11 is 0. The van der Waals surface area contributed by atoms with Gasteiger partial charge in [-0.25, -0.2) is 9.97 Å². The second-order valence-corrected chi connectivity index (χ2v) is 7.20. The summed E-state index contributed by atoms with van der Waals surface area (Å²) in [6.45, 7) is 3.42. The molecule has 3 heterocycles. The molecular weight excluding hydrogens is 364 g/mol. The van der Waals surface area contributed by atoms with Crippen molar-refractivity contribution in [2.75, 3.05) is 6.61 Å². The van der Waals surface area contributed by atoms with Gasteiger partial charge in [0.25, 0.3) is 5.91 Å². The predicted molar refractivity (Wildman–Crippen MR) is 110 cm³/mol. The molecule has 6 nitrogen and oxygen atoms in total. The Balaban J connectivity index is 1.66. The Morgan fingerprint density at radius 3 is 2.66 bits per heavy atom. The number of benzene rings is 1. The summed E-state index contributed by atoms with van der Waals surface area (Å²) in [5, 5.41) is 0. The summed E-state index contributed by atoms with van der Waals surface area (Å²) < 4.78 is 5.68. The zero-order valence-electron chi connectivity index (χ0n) is 16.5. The molecule has 1 atom stereocenters. The maximum absolute atomic E-state index is 13.2. The molecule has 3 aromatic rings. The minimum Gasteiger partial charge on any atom is -0.368 e. The van der Waals surface area contributed by atoms with Crippen molar-refractivity contribution in [3.8, 4) is 11.1 Å². The Morgan fingerprint density at radius 1 is 1.14 bits per heavy atom. The number of pyridine rings is 1. The molecule has 1 fully saturated rings. The zero-order chi connectivity index (χ0) is 20.1. The van der Waals surface area contributed by atoms with Crippen molar-refractivity contribution in [3.05, 3.63) is 78.1 Å². The molecular formula is C23H24N4O2. The van der Waals surface area contributed by atoms with Gasteiger partial charge >= 0.3 is 0 Å². The lowest BCUT2D eigenvalue weighted by atomic mass is 10.1. The summed E-state index contributed by atoms with van der Waals surface area (Å²) in [4.78, 5) is 28.2. The highest BCUT2D eigenvalue weighted by Gasteiger charge is 2.29. The van der Waals surface area contributed by atoms with Crippen LogP contribution >= 0.6 is 0 Å². The number of nitrogens with zero attached hydrogens (tertiary/aromatic N) is 4. The van der Waals surface area contributed by atoms with Gasteiger partial charge in [0.1, 0.15) is 11.9 Å². The van der Waals surface area contributed by atoms with E-state index < -0.39 is 0 Å². The van der Waals surface area contributed by atoms with Crippen LogP contribution in [-0.2, 0) is 22.6 Å². The molecule has 4 rings (SSSR count). The average molecular weight is 388 g/mol. The summed E-state index contributed by atoms with van der Waals surface area (Å²) in [5.41, 5.74) is 3.80. The summed E-state index contributed by atoms with van der Waals surface area (Å²) in [6, 6.07) is 13.9. The van der Waals surface area contributed by atoms with Crippen molar-refractivity contribution >= 4 is 5.91 Å². The van der Waals surface area contributed by atoms with Crippen molar-refractivity contribution in [1.29, 1.82) is 0 Å². The number of amides is 1. The van der Waals surface area contributed by atoms with E-state index in [4.69, 9.17) is 4.74 Å². The fraction of sp³-hybridized carbons (Fsp3) is 0.304. The quantitative estimate of drug-likeness (QED) is 0.646. The summed E-state index contributed by atoms with van der Waals surface area (Å²) in [5.74, 6) is 0.699. The first-order chi connectivity index (χ1) is 14.2. The van der Waals surface area contributed by atoms with Crippen LogP contribution in [0.25, 0.3) is 11.1 Å². The lowest BCUT2D eigenvalue weighted by Crippen LogP contribution is -2.38. The maximum atomic E-state index is 13.2. The highest BCUT2D eigenvalue weighted by molar-refractivity contribution is 5.81. The van der Waals surface area contributed by atoms with E-state index in [-0.39, 0.29) is 12.0 Å². The smallest absolute Gasteiger partial charge is 0.252 e. The Hall–Kier alpha value is -3.12. The van der Waals surface area contributed by atoms with Crippen LogP contribution in [0.5, 0.6) is 0 Å². The monoisotopic (exact) mass is 388 g/mol. The highest BCUT2D eigenvalue weighted by Crippen LogP contribution is 2.24. The molecule has 0 spiro atoms. The fourth-order valence-electron chi connectivity index (χ4n) is 3.58. The second-order valence-electron chi connectivity index (χ2n) is 7.20. The Morgan fingerprint density at radius 2 is 1.93 bits per heavy atom. The standard InChI is InChI=1S/C23H24N4O2/c1-17-25-14-20(19-9-11-24-12-10-19)21(26-17)16-27(15-18-6-3-2-4-7-18)23(28)22-8-5-13-29-22/h2-4,6-7,9-12,14,22H,5,8,13,15-16H2,1H3. The molecule has 1 aliphatic heterocycles. The fourth-order valence-corrected chi connectivity index (χ4v) is 3.58. The number of ether oxygens (including phenoxy) is 1. The molecule has 0 aliphatic carbocycles. The lowest BCUT2D eigenvalue weighted by molar-refractivity contribution is -0.142. The molecule has 1 aromatic carbocycles. The molecule has 1 saturated heterocycles. The first kappa shape index (κ1) is 19.2. The Kier molecular flexibility index (Phi) is 5.91. The third-order valence-electron chi connectivity index (χ3n) is 5.05. The van der Waals surface area contributed by atoms with E-state index in [1.165, 1.54) is 0 Å². The number of aryl methyl sites for hydroxylation is 1. The minimum atomic E-state index is -0.369. The van der Waals surface area contributed by atoms with Crippen molar-refractivity contribution < 1.29 is 9.53 Å². The molecule has 6 heteroatoms. The first-order valence-corrected chi connectivity index (χ1v) is 9.88.